The Morgan fingerprint density at radius 3 is 2.32 bits per heavy atom. The SMILES string of the molecule is Cc1cc2c(s1)c1cnn(CC(=O)N(C3CCCCC3)C3CCCCC3)c(=O)c1n2C. The van der Waals surface area contributed by atoms with Gasteiger partial charge in [0.2, 0.25) is 5.91 Å². The van der Waals surface area contributed by atoms with Gasteiger partial charge in [0.25, 0.3) is 5.56 Å². The molecule has 0 radical (unpaired) electrons. The highest BCUT2D eigenvalue weighted by atomic mass is 32.1. The maximum absolute atomic E-state index is 13.6. The maximum atomic E-state index is 13.6. The molecule has 1 amide bonds. The molecule has 0 saturated heterocycles. The number of carbonyl (C=O) groups is 1. The van der Waals surface area contributed by atoms with Crippen LogP contribution in [0.25, 0.3) is 21.1 Å². The number of nitrogens with zero attached hydrogens (tertiary/aromatic N) is 4. The van der Waals surface area contributed by atoms with E-state index >= 15 is 0 Å². The third kappa shape index (κ3) is 3.71. The van der Waals surface area contributed by atoms with E-state index in [1.165, 1.54) is 48.1 Å². The zero-order chi connectivity index (χ0) is 21.5. The van der Waals surface area contributed by atoms with Crippen molar-refractivity contribution >= 4 is 38.4 Å². The van der Waals surface area contributed by atoms with Crippen LogP contribution in [0.5, 0.6) is 0 Å². The normalized spacial score (nSPS) is 18.8. The molecule has 0 aromatic carbocycles. The summed E-state index contributed by atoms with van der Waals surface area (Å²) in [6, 6.07) is 2.77. The van der Waals surface area contributed by atoms with Gasteiger partial charge in [-0.3, -0.25) is 9.59 Å². The monoisotopic (exact) mass is 440 g/mol. The highest BCUT2D eigenvalue weighted by Gasteiger charge is 2.32. The van der Waals surface area contributed by atoms with Crippen molar-refractivity contribution in [1.82, 2.24) is 19.2 Å². The lowest BCUT2D eigenvalue weighted by Crippen LogP contribution is -2.50. The van der Waals surface area contributed by atoms with Crippen LogP contribution in [-0.2, 0) is 18.4 Å². The number of carbonyl (C=O) groups excluding carboxylic acids is 1. The summed E-state index contributed by atoms with van der Waals surface area (Å²) in [5.74, 6) is 0.0691. The summed E-state index contributed by atoms with van der Waals surface area (Å²) in [6.45, 7) is 2.12. The minimum Gasteiger partial charge on any atom is -0.338 e. The molecular formula is C24H32N4O2S. The lowest BCUT2D eigenvalue weighted by Gasteiger charge is -2.41. The average molecular weight is 441 g/mol. The largest absolute Gasteiger partial charge is 0.338 e. The second-order valence-corrected chi connectivity index (χ2v) is 10.6. The molecule has 5 rings (SSSR count). The lowest BCUT2D eigenvalue weighted by molar-refractivity contribution is -0.139. The Hall–Kier alpha value is -2.15. The summed E-state index contributed by atoms with van der Waals surface area (Å²) < 4.78 is 4.45. The molecule has 0 unspecified atom stereocenters. The fraction of sp³-hybridized carbons (Fsp3) is 0.625. The van der Waals surface area contributed by atoms with E-state index in [9.17, 15) is 9.59 Å². The molecule has 2 fully saturated rings. The molecule has 2 aliphatic carbocycles. The Labute approximate surface area is 186 Å². The Balaban J connectivity index is 1.47. The molecule has 0 aliphatic heterocycles. The topological polar surface area (TPSA) is 60.1 Å². The standard InChI is InChI=1S/C24H32N4O2S/c1-16-13-20-23(31-16)19-14-25-27(24(30)22(19)26(20)2)15-21(29)28(17-9-5-3-6-10-17)18-11-7-4-8-12-18/h13-14,17-18H,3-12,15H2,1-2H3. The van der Waals surface area contributed by atoms with E-state index in [0.717, 1.165) is 41.3 Å². The van der Waals surface area contributed by atoms with Crippen LogP contribution < -0.4 is 5.56 Å². The van der Waals surface area contributed by atoms with Crippen molar-refractivity contribution in [2.75, 3.05) is 0 Å². The first-order chi connectivity index (χ1) is 15.0. The molecule has 2 aliphatic rings. The number of aryl methyl sites for hydroxylation is 2. The highest BCUT2D eigenvalue weighted by Crippen LogP contribution is 2.33. The lowest BCUT2D eigenvalue weighted by atomic mass is 9.88. The second-order valence-electron chi connectivity index (χ2n) is 9.38. The van der Waals surface area contributed by atoms with Gasteiger partial charge in [0.15, 0.2) is 0 Å². The third-order valence-electron chi connectivity index (χ3n) is 7.30. The molecule has 0 atom stereocenters. The Morgan fingerprint density at radius 2 is 1.71 bits per heavy atom. The van der Waals surface area contributed by atoms with E-state index in [-0.39, 0.29) is 18.0 Å². The molecule has 166 valence electrons. The van der Waals surface area contributed by atoms with Gasteiger partial charge in [0, 0.05) is 29.4 Å². The second kappa shape index (κ2) is 8.41. The minimum absolute atomic E-state index is 0.0413. The third-order valence-corrected chi connectivity index (χ3v) is 8.38. The van der Waals surface area contributed by atoms with Crippen LogP contribution in [0.4, 0.5) is 0 Å². The highest BCUT2D eigenvalue weighted by molar-refractivity contribution is 7.20. The molecule has 0 spiro atoms. The first-order valence-electron chi connectivity index (χ1n) is 11.8. The van der Waals surface area contributed by atoms with E-state index in [0.29, 0.717) is 17.6 Å². The van der Waals surface area contributed by atoms with E-state index in [1.807, 2.05) is 11.6 Å². The predicted octanol–water partition coefficient (Wildman–Crippen LogP) is 4.75. The maximum Gasteiger partial charge on any atom is 0.291 e. The molecule has 7 heteroatoms. The Bertz CT molecular complexity index is 1140. The van der Waals surface area contributed by atoms with E-state index in [1.54, 1.807) is 17.5 Å². The number of hydrogen-bond donors (Lipinski definition) is 0. The smallest absolute Gasteiger partial charge is 0.291 e. The zero-order valence-electron chi connectivity index (χ0n) is 18.6. The van der Waals surface area contributed by atoms with Gasteiger partial charge in [-0.2, -0.15) is 5.10 Å². The number of thiophene rings is 1. The molecule has 0 bridgehead atoms. The fourth-order valence-corrected chi connectivity index (χ4v) is 6.83. The van der Waals surface area contributed by atoms with Crippen molar-refractivity contribution in [2.45, 2.75) is 89.8 Å². The number of rotatable bonds is 4. The van der Waals surface area contributed by atoms with Gasteiger partial charge in [0.1, 0.15) is 12.1 Å². The van der Waals surface area contributed by atoms with Crippen molar-refractivity contribution in [2.24, 2.45) is 7.05 Å². The molecule has 2 saturated carbocycles. The van der Waals surface area contributed by atoms with Gasteiger partial charge in [-0.05, 0) is 38.7 Å². The van der Waals surface area contributed by atoms with Gasteiger partial charge in [-0.25, -0.2) is 4.68 Å². The fourth-order valence-electron chi connectivity index (χ4n) is 5.78. The van der Waals surface area contributed by atoms with Gasteiger partial charge >= 0.3 is 0 Å². The van der Waals surface area contributed by atoms with Crippen molar-refractivity contribution in [3.63, 3.8) is 0 Å². The first-order valence-corrected chi connectivity index (χ1v) is 12.6. The van der Waals surface area contributed by atoms with Gasteiger partial charge in [-0.1, -0.05) is 38.5 Å². The van der Waals surface area contributed by atoms with Crippen LogP contribution >= 0.6 is 11.3 Å². The van der Waals surface area contributed by atoms with Crippen molar-refractivity contribution in [3.05, 3.63) is 27.5 Å². The van der Waals surface area contributed by atoms with Gasteiger partial charge in [0.05, 0.1) is 16.4 Å². The molecule has 31 heavy (non-hydrogen) atoms. The zero-order valence-corrected chi connectivity index (χ0v) is 19.4. The van der Waals surface area contributed by atoms with Crippen LogP contribution in [0.1, 0.15) is 69.1 Å². The van der Waals surface area contributed by atoms with Crippen LogP contribution in [-0.4, -0.2) is 37.2 Å². The average Bonchev–Trinajstić information content (AvgIpc) is 3.28. The van der Waals surface area contributed by atoms with Crippen LogP contribution in [0, 0.1) is 6.92 Å². The van der Waals surface area contributed by atoms with Crippen LogP contribution in [0.2, 0.25) is 0 Å². The van der Waals surface area contributed by atoms with Crippen molar-refractivity contribution in [3.8, 4) is 0 Å². The summed E-state index contributed by atoms with van der Waals surface area (Å²) in [7, 11) is 1.93. The predicted molar refractivity (Wildman–Crippen MR) is 126 cm³/mol. The summed E-state index contributed by atoms with van der Waals surface area (Å²) in [5.41, 5.74) is 1.54. The number of aromatic nitrogens is 3. The summed E-state index contributed by atoms with van der Waals surface area (Å²) in [6.07, 6.45) is 13.5. The molecule has 3 aromatic heterocycles. The summed E-state index contributed by atoms with van der Waals surface area (Å²) >= 11 is 1.69. The summed E-state index contributed by atoms with van der Waals surface area (Å²) in [4.78, 5) is 30.3. The van der Waals surface area contributed by atoms with E-state index in [2.05, 4.69) is 23.0 Å². The van der Waals surface area contributed by atoms with E-state index < -0.39 is 0 Å². The van der Waals surface area contributed by atoms with Crippen LogP contribution in [0.3, 0.4) is 0 Å². The minimum atomic E-state index is -0.165. The Morgan fingerprint density at radius 1 is 1.10 bits per heavy atom. The van der Waals surface area contributed by atoms with Crippen molar-refractivity contribution in [1.29, 1.82) is 0 Å². The number of fused-ring (bicyclic) bond motifs is 3. The van der Waals surface area contributed by atoms with E-state index in [4.69, 9.17) is 0 Å². The molecule has 0 N–H and O–H groups in total. The van der Waals surface area contributed by atoms with Gasteiger partial charge in [-0.15, -0.1) is 11.3 Å². The summed E-state index contributed by atoms with van der Waals surface area (Å²) in [5, 5.41) is 5.33. The molecule has 6 nitrogen and oxygen atoms in total. The van der Waals surface area contributed by atoms with Crippen molar-refractivity contribution < 1.29 is 4.79 Å². The molecule has 3 aromatic rings. The number of hydrogen-bond acceptors (Lipinski definition) is 4. The molecule has 3 heterocycles. The Kier molecular flexibility index (Phi) is 5.63. The van der Waals surface area contributed by atoms with Crippen LogP contribution in [0.15, 0.2) is 17.1 Å². The molecular weight excluding hydrogens is 408 g/mol. The first kappa shape index (κ1) is 20.7. The quantitative estimate of drug-likeness (QED) is 0.588. The van der Waals surface area contributed by atoms with Gasteiger partial charge < -0.3 is 9.47 Å². The number of amides is 1.